The largest absolute Gasteiger partial charge is 0.412 e. The number of hydrogen-bond acceptors (Lipinski definition) is 4. The van der Waals surface area contributed by atoms with Crippen molar-refractivity contribution in [3.8, 4) is 5.75 Å². The molecule has 2 aromatic carbocycles. The summed E-state index contributed by atoms with van der Waals surface area (Å²) < 4.78 is 9.78. The van der Waals surface area contributed by atoms with Crippen molar-refractivity contribution in [2.24, 2.45) is 5.73 Å². The molecule has 4 rings (SSSR count). The first kappa shape index (κ1) is 25.3. The summed E-state index contributed by atoms with van der Waals surface area (Å²) >= 11 is 0. The molecule has 188 valence electrons. The van der Waals surface area contributed by atoms with Crippen LogP contribution in [0.25, 0.3) is 0 Å². The second kappa shape index (κ2) is 10.8. The molecule has 2 heterocycles. The summed E-state index contributed by atoms with van der Waals surface area (Å²) in [6.45, 7) is 12.5. The van der Waals surface area contributed by atoms with Crippen molar-refractivity contribution in [1.82, 2.24) is 19.7 Å². The van der Waals surface area contributed by atoms with Gasteiger partial charge < -0.3 is 20.4 Å². The van der Waals surface area contributed by atoms with Crippen LogP contribution in [0, 0.1) is 34.6 Å². The first-order valence-corrected chi connectivity index (χ1v) is 12.2. The Hall–Kier alpha value is -3.84. The third-order valence-electron chi connectivity index (χ3n) is 6.60. The molecule has 7 nitrogen and oxygen atoms in total. The number of aromatic nitrogens is 3. The van der Waals surface area contributed by atoms with E-state index in [-0.39, 0.29) is 0 Å². The van der Waals surface area contributed by atoms with Crippen molar-refractivity contribution in [2.75, 3.05) is 0 Å². The summed E-state index contributed by atoms with van der Waals surface area (Å²) in [7, 11) is 0. The first-order chi connectivity index (χ1) is 17.2. The van der Waals surface area contributed by atoms with Crippen molar-refractivity contribution in [2.45, 2.75) is 60.8 Å². The number of nitrogens with zero attached hydrogens (tertiary/aromatic N) is 3. The number of amides is 1. The molecule has 0 fully saturated rings. The summed E-state index contributed by atoms with van der Waals surface area (Å²) in [6, 6.07) is 14.6. The number of hydrogen-bond donors (Lipinski definition) is 2. The van der Waals surface area contributed by atoms with Gasteiger partial charge in [-0.05, 0) is 73.6 Å². The van der Waals surface area contributed by atoms with Crippen LogP contribution in [-0.4, -0.2) is 20.4 Å². The molecule has 0 aliphatic heterocycles. The fraction of sp³-hybridized carbons (Fsp3) is 0.310. The van der Waals surface area contributed by atoms with E-state index in [1.54, 1.807) is 0 Å². The van der Waals surface area contributed by atoms with E-state index in [0.717, 1.165) is 45.7 Å². The van der Waals surface area contributed by atoms with Crippen molar-refractivity contribution < 1.29 is 9.53 Å². The molecule has 7 heteroatoms. The Bertz CT molecular complexity index is 1340. The number of rotatable bonds is 8. The molecule has 2 aromatic heterocycles. The molecular formula is C29H35N5O2. The molecule has 0 saturated heterocycles. The maximum Gasteiger partial charge on any atom is 0.412 e. The summed E-state index contributed by atoms with van der Waals surface area (Å²) in [5.41, 5.74) is 15.6. The molecule has 0 spiro atoms. The standard InChI is InChI=1S/C29H35N5O2/c1-19-14-32-33(16-19)17-24-6-8-25(9-7-24)18-34-22(4)12-28(23(34)5)36-29(35)31-15-27-20(2)10-26(13-30)11-21(27)3/h6-12,14,16H,13,15,17-18,30H2,1-5H3,(H,31,35). The van der Waals surface area contributed by atoms with Gasteiger partial charge in [-0.25, -0.2) is 4.79 Å². The number of aryl methyl sites for hydroxylation is 4. The molecule has 1 amide bonds. The minimum atomic E-state index is -0.463. The molecule has 36 heavy (non-hydrogen) atoms. The molecule has 0 aliphatic carbocycles. The average Bonchev–Trinajstić information content (AvgIpc) is 3.36. The maximum atomic E-state index is 12.6. The van der Waals surface area contributed by atoms with Gasteiger partial charge in [0.05, 0.1) is 18.4 Å². The van der Waals surface area contributed by atoms with Crippen molar-refractivity contribution in [3.63, 3.8) is 0 Å². The fourth-order valence-electron chi connectivity index (χ4n) is 4.57. The Morgan fingerprint density at radius 2 is 1.58 bits per heavy atom. The third kappa shape index (κ3) is 5.86. The Morgan fingerprint density at radius 1 is 0.944 bits per heavy atom. The predicted molar refractivity (Wildman–Crippen MR) is 142 cm³/mol. The van der Waals surface area contributed by atoms with Gasteiger partial charge in [-0.3, -0.25) is 4.68 Å². The van der Waals surface area contributed by atoms with Gasteiger partial charge in [-0.2, -0.15) is 5.10 Å². The van der Waals surface area contributed by atoms with Crippen molar-refractivity contribution >= 4 is 6.09 Å². The van der Waals surface area contributed by atoms with Crippen LogP contribution in [0.4, 0.5) is 4.79 Å². The van der Waals surface area contributed by atoms with E-state index in [1.807, 2.05) is 57.8 Å². The highest BCUT2D eigenvalue weighted by molar-refractivity contribution is 5.71. The van der Waals surface area contributed by atoms with Crippen molar-refractivity contribution in [1.29, 1.82) is 0 Å². The molecule has 0 bridgehead atoms. The molecule has 0 unspecified atom stereocenters. The van der Waals surface area contributed by atoms with Crippen LogP contribution in [-0.2, 0) is 26.2 Å². The minimum absolute atomic E-state index is 0.407. The zero-order valence-corrected chi connectivity index (χ0v) is 21.8. The van der Waals surface area contributed by atoms with Gasteiger partial charge >= 0.3 is 6.09 Å². The van der Waals surface area contributed by atoms with Gasteiger partial charge in [0.1, 0.15) is 0 Å². The lowest BCUT2D eigenvalue weighted by atomic mass is 9.99. The van der Waals surface area contributed by atoms with E-state index < -0.39 is 6.09 Å². The fourth-order valence-corrected chi connectivity index (χ4v) is 4.57. The van der Waals surface area contributed by atoms with Gasteiger partial charge in [-0.15, -0.1) is 0 Å². The van der Waals surface area contributed by atoms with E-state index in [1.165, 1.54) is 11.1 Å². The highest BCUT2D eigenvalue weighted by atomic mass is 16.6. The number of carbonyl (C=O) groups is 1. The number of benzene rings is 2. The predicted octanol–water partition coefficient (Wildman–Crippen LogP) is 5.07. The maximum absolute atomic E-state index is 12.6. The number of nitrogens with one attached hydrogen (secondary N) is 1. The van der Waals surface area contributed by atoms with E-state index in [4.69, 9.17) is 10.5 Å². The zero-order valence-electron chi connectivity index (χ0n) is 21.8. The number of nitrogens with two attached hydrogens (primary N) is 1. The quantitative estimate of drug-likeness (QED) is 0.365. The highest BCUT2D eigenvalue weighted by Crippen LogP contribution is 2.24. The van der Waals surface area contributed by atoms with Gasteiger partial charge in [0.25, 0.3) is 0 Å². The third-order valence-corrected chi connectivity index (χ3v) is 6.60. The second-order valence-electron chi connectivity index (χ2n) is 9.51. The lowest BCUT2D eigenvalue weighted by molar-refractivity contribution is 0.199. The monoisotopic (exact) mass is 485 g/mol. The molecule has 0 atom stereocenters. The van der Waals surface area contributed by atoms with Crippen LogP contribution in [0.5, 0.6) is 5.75 Å². The van der Waals surface area contributed by atoms with Gasteiger partial charge in [0.2, 0.25) is 0 Å². The smallest absolute Gasteiger partial charge is 0.408 e. The Balaban J connectivity index is 1.38. The molecule has 3 N–H and O–H groups in total. The highest BCUT2D eigenvalue weighted by Gasteiger charge is 2.15. The lowest BCUT2D eigenvalue weighted by Gasteiger charge is -2.13. The first-order valence-electron chi connectivity index (χ1n) is 12.2. The van der Waals surface area contributed by atoms with Gasteiger partial charge in [0.15, 0.2) is 5.75 Å². The Labute approximate surface area is 212 Å². The number of ether oxygens (including phenoxy) is 1. The summed E-state index contributed by atoms with van der Waals surface area (Å²) in [5.74, 6) is 0.572. The molecule has 4 aromatic rings. The summed E-state index contributed by atoms with van der Waals surface area (Å²) in [4.78, 5) is 12.6. The minimum Gasteiger partial charge on any atom is -0.408 e. The molecule has 0 aliphatic rings. The Kier molecular flexibility index (Phi) is 7.60. The van der Waals surface area contributed by atoms with E-state index in [2.05, 4.69) is 51.4 Å². The molecular weight excluding hydrogens is 450 g/mol. The van der Waals surface area contributed by atoms with E-state index in [9.17, 15) is 4.79 Å². The second-order valence-corrected chi connectivity index (χ2v) is 9.51. The normalized spacial score (nSPS) is 11.1. The SMILES string of the molecule is Cc1cnn(Cc2ccc(Cn3c(C)cc(OC(=O)NCc4c(C)cc(CN)cc4C)c3C)cc2)c1. The van der Waals surface area contributed by atoms with E-state index >= 15 is 0 Å². The van der Waals surface area contributed by atoms with Crippen molar-refractivity contribution in [3.05, 3.63) is 105 Å². The van der Waals surface area contributed by atoms with Crippen LogP contribution in [0.3, 0.4) is 0 Å². The summed E-state index contributed by atoms with van der Waals surface area (Å²) in [5, 5.41) is 7.25. The van der Waals surface area contributed by atoms with Gasteiger partial charge in [0, 0.05) is 37.6 Å². The molecule has 0 radical (unpaired) electrons. The number of carbonyl (C=O) groups excluding carboxylic acids is 1. The average molecular weight is 486 g/mol. The van der Waals surface area contributed by atoms with Crippen LogP contribution < -0.4 is 15.8 Å². The zero-order chi connectivity index (χ0) is 25.8. The van der Waals surface area contributed by atoms with Crippen LogP contribution in [0.2, 0.25) is 0 Å². The summed E-state index contributed by atoms with van der Waals surface area (Å²) in [6.07, 6.45) is 3.45. The van der Waals surface area contributed by atoms with Crippen LogP contribution in [0.15, 0.2) is 54.9 Å². The van der Waals surface area contributed by atoms with E-state index in [0.29, 0.717) is 25.4 Å². The lowest BCUT2D eigenvalue weighted by Crippen LogP contribution is -2.27. The molecule has 0 saturated carbocycles. The van der Waals surface area contributed by atoms with Crippen LogP contribution >= 0.6 is 0 Å². The van der Waals surface area contributed by atoms with Gasteiger partial charge in [-0.1, -0.05) is 36.4 Å². The van der Waals surface area contributed by atoms with Crippen LogP contribution in [0.1, 0.15) is 50.3 Å². The topological polar surface area (TPSA) is 87.1 Å². The Morgan fingerprint density at radius 3 is 2.17 bits per heavy atom.